The topological polar surface area (TPSA) is 60.9 Å². The molecule has 1 atom stereocenters. The van der Waals surface area contributed by atoms with Gasteiger partial charge in [-0.15, -0.1) is 0 Å². The summed E-state index contributed by atoms with van der Waals surface area (Å²) >= 11 is 0. The van der Waals surface area contributed by atoms with Gasteiger partial charge in [-0.2, -0.15) is 0 Å². The second-order valence-electron chi connectivity index (χ2n) is 7.48. The van der Waals surface area contributed by atoms with Crippen LogP contribution in [0.4, 0.5) is 5.69 Å². The van der Waals surface area contributed by atoms with E-state index in [1.54, 1.807) is 24.3 Å². The standard InChI is InChI=1S/C21H25N3O3S/c1-22-13-14-23(20(16-22)17-6-3-2-4-7-17)21(25)18-8-10-19(11-9-18)24-12-5-15-28(24,26)27/h2-4,6-11,20H,5,12-16H2,1H3. The van der Waals surface area contributed by atoms with Gasteiger partial charge in [-0.3, -0.25) is 9.10 Å². The van der Waals surface area contributed by atoms with Crippen LogP contribution in [0.5, 0.6) is 0 Å². The van der Waals surface area contributed by atoms with E-state index in [1.165, 1.54) is 4.31 Å². The van der Waals surface area contributed by atoms with E-state index in [0.717, 1.165) is 18.7 Å². The molecule has 0 spiro atoms. The third-order valence-electron chi connectivity index (χ3n) is 5.53. The van der Waals surface area contributed by atoms with E-state index >= 15 is 0 Å². The zero-order chi connectivity index (χ0) is 19.7. The minimum absolute atomic E-state index is 0.00564. The third kappa shape index (κ3) is 3.64. The molecule has 6 nitrogen and oxygen atoms in total. The molecule has 2 aliphatic rings. The van der Waals surface area contributed by atoms with E-state index in [2.05, 4.69) is 24.1 Å². The highest BCUT2D eigenvalue weighted by molar-refractivity contribution is 7.93. The van der Waals surface area contributed by atoms with Crippen LogP contribution >= 0.6 is 0 Å². The Balaban J connectivity index is 1.57. The number of hydrogen-bond acceptors (Lipinski definition) is 4. The van der Waals surface area contributed by atoms with Gasteiger partial charge < -0.3 is 9.80 Å². The Bertz CT molecular complexity index is 945. The highest BCUT2D eigenvalue weighted by Gasteiger charge is 2.32. The lowest BCUT2D eigenvalue weighted by Gasteiger charge is -2.40. The van der Waals surface area contributed by atoms with Gasteiger partial charge in [0.15, 0.2) is 0 Å². The van der Waals surface area contributed by atoms with Crippen molar-refractivity contribution in [3.63, 3.8) is 0 Å². The maximum Gasteiger partial charge on any atom is 0.254 e. The predicted molar refractivity (Wildman–Crippen MR) is 110 cm³/mol. The highest BCUT2D eigenvalue weighted by Crippen LogP contribution is 2.28. The first-order chi connectivity index (χ1) is 13.5. The summed E-state index contributed by atoms with van der Waals surface area (Å²) in [6.07, 6.45) is 0.642. The van der Waals surface area contributed by atoms with Crippen molar-refractivity contribution in [3.8, 4) is 0 Å². The van der Waals surface area contributed by atoms with Crippen molar-refractivity contribution in [2.75, 3.05) is 43.3 Å². The molecule has 0 N–H and O–H groups in total. The Morgan fingerprint density at radius 2 is 1.68 bits per heavy atom. The molecule has 2 aliphatic heterocycles. The maximum absolute atomic E-state index is 13.2. The Labute approximate surface area is 166 Å². The molecule has 28 heavy (non-hydrogen) atoms. The molecular weight excluding hydrogens is 374 g/mol. The third-order valence-corrected chi connectivity index (χ3v) is 7.40. The van der Waals surface area contributed by atoms with Gasteiger partial charge in [-0.05, 0) is 43.3 Å². The molecule has 2 fully saturated rings. The molecule has 148 valence electrons. The second-order valence-corrected chi connectivity index (χ2v) is 9.49. The number of hydrogen-bond donors (Lipinski definition) is 0. The smallest absolute Gasteiger partial charge is 0.254 e. The Kier molecular flexibility index (Phi) is 5.12. The largest absolute Gasteiger partial charge is 0.329 e. The van der Waals surface area contributed by atoms with E-state index in [-0.39, 0.29) is 17.7 Å². The fourth-order valence-electron chi connectivity index (χ4n) is 3.99. The molecule has 1 unspecified atom stereocenters. The van der Waals surface area contributed by atoms with Gasteiger partial charge in [0.2, 0.25) is 10.0 Å². The SMILES string of the molecule is CN1CCN(C(=O)c2ccc(N3CCCS3(=O)=O)cc2)C(c2ccccc2)C1. The minimum atomic E-state index is -3.21. The number of likely N-dealkylation sites (N-methyl/N-ethyl adjacent to an activating group) is 1. The van der Waals surface area contributed by atoms with Gasteiger partial charge in [0, 0.05) is 31.7 Å². The molecule has 0 saturated carbocycles. The molecule has 4 rings (SSSR count). The molecule has 7 heteroatoms. The van der Waals surface area contributed by atoms with Crippen molar-refractivity contribution < 1.29 is 13.2 Å². The van der Waals surface area contributed by atoms with E-state index in [0.29, 0.717) is 30.8 Å². The summed E-state index contributed by atoms with van der Waals surface area (Å²) in [7, 11) is -1.14. The van der Waals surface area contributed by atoms with Crippen LogP contribution in [0.1, 0.15) is 28.4 Å². The molecule has 0 bridgehead atoms. The zero-order valence-electron chi connectivity index (χ0n) is 16.0. The van der Waals surface area contributed by atoms with E-state index in [4.69, 9.17) is 0 Å². The first kappa shape index (κ1) is 19.0. The quantitative estimate of drug-likeness (QED) is 0.795. The fraction of sp³-hybridized carbons (Fsp3) is 0.381. The number of piperazine rings is 1. The number of carbonyl (C=O) groups is 1. The zero-order valence-corrected chi connectivity index (χ0v) is 16.8. The molecule has 2 aromatic rings. The summed E-state index contributed by atoms with van der Waals surface area (Å²) in [5.41, 5.74) is 2.35. The van der Waals surface area contributed by atoms with Crippen LogP contribution in [0, 0.1) is 0 Å². The Morgan fingerprint density at radius 3 is 2.32 bits per heavy atom. The summed E-state index contributed by atoms with van der Waals surface area (Å²) in [6, 6.07) is 17.1. The molecule has 2 aromatic carbocycles. The van der Waals surface area contributed by atoms with Crippen LogP contribution in [-0.2, 0) is 10.0 Å². The number of benzene rings is 2. The summed E-state index contributed by atoms with van der Waals surface area (Å²) in [5, 5.41) is 0. The summed E-state index contributed by atoms with van der Waals surface area (Å²) in [4.78, 5) is 17.4. The Morgan fingerprint density at radius 1 is 0.964 bits per heavy atom. The maximum atomic E-state index is 13.2. The summed E-state index contributed by atoms with van der Waals surface area (Å²) in [5.74, 6) is 0.172. The van der Waals surface area contributed by atoms with Crippen LogP contribution in [0.15, 0.2) is 54.6 Å². The average molecular weight is 400 g/mol. The summed E-state index contributed by atoms with van der Waals surface area (Å²) in [6.45, 7) is 2.79. The van der Waals surface area contributed by atoms with Crippen molar-refractivity contribution in [2.24, 2.45) is 0 Å². The Hall–Kier alpha value is -2.38. The highest BCUT2D eigenvalue weighted by atomic mass is 32.2. The monoisotopic (exact) mass is 399 g/mol. The summed E-state index contributed by atoms with van der Waals surface area (Å²) < 4.78 is 25.6. The van der Waals surface area contributed by atoms with Crippen LogP contribution in [-0.4, -0.2) is 63.1 Å². The number of carbonyl (C=O) groups excluding carboxylic acids is 1. The molecule has 2 heterocycles. The van der Waals surface area contributed by atoms with E-state index in [9.17, 15) is 13.2 Å². The lowest BCUT2D eigenvalue weighted by atomic mass is 10.0. The van der Waals surface area contributed by atoms with Crippen molar-refractivity contribution in [2.45, 2.75) is 12.5 Å². The lowest BCUT2D eigenvalue weighted by Crippen LogP contribution is -2.49. The van der Waals surface area contributed by atoms with Gasteiger partial charge in [0.1, 0.15) is 0 Å². The van der Waals surface area contributed by atoms with Crippen LogP contribution in [0.2, 0.25) is 0 Å². The van der Waals surface area contributed by atoms with Crippen LogP contribution in [0.3, 0.4) is 0 Å². The van der Waals surface area contributed by atoms with Crippen molar-refractivity contribution in [1.29, 1.82) is 0 Å². The van der Waals surface area contributed by atoms with Crippen molar-refractivity contribution in [1.82, 2.24) is 9.80 Å². The van der Waals surface area contributed by atoms with Gasteiger partial charge in [0.25, 0.3) is 5.91 Å². The molecule has 1 amide bonds. The number of anilines is 1. The second kappa shape index (κ2) is 7.56. The lowest BCUT2D eigenvalue weighted by molar-refractivity contribution is 0.0498. The predicted octanol–water partition coefficient (Wildman–Crippen LogP) is 2.36. The van der Waals surface area contributed by atoms with Crippen molar-refractivity contribution in [3.05, 3.63) is 65.7 Å². The molecule has 0 aromatic heterocycles. The van der Waals surface area contributed by atoms with Crippen molar-refractivity contribution >= 4 is 21.6 Å². The molecule has 0 aliphatic carbocycles. The normalized spacial score (nSPS) is 22.4. The molecular formula is C21H25N3O3S. The number of nitrogens with zero attached hydrogens (tertiary/aromatic N) is 3. The van der Waals surface area contributed by atoms with Gasteiger partial charge in [0.05, 0.1) is 17.5 Å². The average Bonchev–Trinajstić information content (AvgIpc) is 3.07. The van der Waals surface area contributed by atoms with Gasteiger partial charge >= 0.3 is 0 Å². The molecule has 0 radical (unpaired) electrons. The van der Waals surface area contributed by atoms with Gasteiger partial charge in [-0.25, -0.2) is 8.42 Å². The number of sulfonamides is 1. The minimum Gasteiger partial charge on any atom is -0.329 e. The first-order valence-electron chi connectivity index (χ1n) is 9.61. The first-order valence-corrected chi connectivity index (χ1v) is 11.2. The molecule has 2 saturated heterocycles. The van der Waals surface area contributed by atoms with Gasteiger partial charge in [-0.1, -0.05) is 30.3 Å². The number of rotatable bonds is 3. The van der Waals surface area contributed by atoms with E-state index in [1.807, 2.05) is 23.1 Å². The van der Waals surface area contributed by atoms with Crippen LogP contribution in [0.25, 0.3) is 0 Å². The van der Waals surface area contributed by atoms with E-state index < -0.39 is 10.0 Å². The fourth-order valence-corrected chi connectivity index (χ4v) is 5.55. The van der Waals surface area contributed by atoms with Crippen LogP contribution < -0.4 is 4.31 Å². The number of amides is 1.